The number of rotatable bonds is 4. The Hall–Kier alpha value is -2.88. The van der Waals surface area contributed by atoms with E-state index in [1.165, 1.54) is 28.9 Å². The second-order valence-corrected chi connectivity index (χ2v) is 6.14. The molecule has 0 unspecified atom stereocenters. The van der Waals surface area contributed by atoms with Crippen molar-refractivity contribution in [1.82, 2.24) is 14.8 Å². The van der Waals surface area contributed by atoms with Crippen LogP contribution in [0, 0.1) is 0 Å². The molecule has 1 aliphatic rings. The van der Waals surface area contributed by atoms with E-state index >= 15 is 0 Å². The Kier molecular flexibility index (Phi) is 4.14. The number of fused-ring (bicyclic) bond motifs is 1. The van der Waals surface area contributed by atoms with Crippen LogP contribution in [0.3, 0.4) is 0 Å². The minimum Gasteiger partial charge on any atom is -0.406 e. The zero-order valence-electron chi connectivity index (χ0n) is 13.9. The van der Waals surface area contributed by atoms with Crippen LogP contribution in [-0.2, 0) is 6.54 Å². The van der Waals surface area contributed by atoms with Gasteiger partial charge in [-0.25, -0.2) is 14.1 Å². The van der Waals surface area contributed by atoms with E-state index in [2.05, 4.69) is 14.8 Å². The van der Waals surface area contributed by atoms with Crippen molar-refractivity contribution in [2.75, 3.05) is 18.0 Å². The predicted octanol–water partition coefficient (Wildman–Crippen LogP) is 2.94. The number of benzene rings is 1. The van der Waals surface area contributed by atoms with Crippen LogP contribution in [0.15, 0.2) is 36.5 Å². The van der Waals surface area contributed by atoms with Gasteiger partial charge in [0.15, 0.2) is 5.65 Å². The maximum atomic E-state index is 13.3. The largest absolute Gasteiger partial charge is 0.573 e. The van der Waals surface area contributed by atoms with Gasteiger partial charge in [0.25, 0.3) is 0 Å². The summed E-state index contributed by atoms with van der Waals surface area (Å²) >= 11 is 0. The standard InChI is InChI=1S/C17H15F4N5O/c18-10-8-25(9-10)14-5-6-23-16-15(14)13(7-22)24-26(16)11-1-3-12(4-2-11)27-17(19,20)21/h1-6,10H,7-9,22H2. The predicted molar refractivity (Wildman–Crippen MR) is 90.5 cm³/mol. The van der Waals surface area contributed by atoms with Gasteiger partial charge in [0.1, 0.15) is 11.9 Å². The molecule has 27 heavy (non-hydrogen) atoms. The minimum absolute atomic E-state index is 0.143. The van der Waals surface area contributed by atoms with Crippen molar-refractivity contribution in [2.24, 2.45) is 5.73 Å². The zero-order chi connectivity index (χ0) is 19.2. The molecule has 0 atom stereocenters. The summed E-state index contributed by atoms with van der Waals surface area (Å²) in [4.78, 5) is 6.22. The summed E-state index contributed by atoms with van der Waals surface area (Å²) in [5.41, 5.74) is 8.19. The van der Waals surface area contributed by atoms with Crippen molar-refractivity contribution >= 4 is 16.7 Å². The van der Waals surface area contributed by atoms with Crippen LogP contribution in [0.25, 0.3) is 16.7 Å². The van der Waals surface area contributed by atoms with Gasteiger partial charge in [0.2, 0.25) is 0 Å². The monoisotopic (exact) mass is 381 g/mol. The average molecular weight is 381 g/mol. The van der Waals surface area contributed by atoms with Gasteiger partial charge < -0.3 is 15.4 Å². The van der Waals surface area contributed by atoms with Gasteiger partial charge in [-0.1, -0.05) is 0 Å². The molecule has 0 radical (unpaired) electrons. The van der Waals surface area contributed by atoms with Crippen molar-refractivity contribution in [1.29, 1.82) is 0 Å². The molecule has 1 aliphatic heterocycles. The van der Waals surface area contributed by atoms with Gasteiger partial charge in [-0.2, -0.15) is 5.10 Å². The highest BCUT2D eigenvalue weighted by molar-refractivity contribution is 5.93. The quantitative estimate of drug-likeness (QED) is 0.704. The maximum Gasteiger partial charge on any atom is 0.573 e. The number of ether oxygens (including phenoxy) is 1. The topological polar surface area (TPSA) is 69.2 Å². The Balaban J connectivity index is 1.75. The van der Waals surface area contributed by atoms with E-state index in [0.717, 1.165) is 5.69 Å². The van der Waals surface area contributed by atoms with Gasteiger partial charge in [-0.05, 0) is 30.3 Å². The molecule has 2 aromatic heterocycles. The van der Waals surface area contributed by atoms with E-state index in [-0.39, 0.29) is 25.4 Å². The van der Waals surface area contributed by atoms with Crippen molar-refractivity contribution in [3.8, 4) is 11.4 Å². The molecule has 6 nitrogen and oxygen atoms in total. The molecule has 3 aromatic rings. The van der Waals surface area contributed by atoms with Gasteiger partial charge >= 0.3 is 6.36 Å². The molecule has 0 aliphatic carbocycles. The third-order valence-electron chi connectivity index (χ3n) is 4.30. The number of hydrogen-bond acceptors (Lipinski definition) is 5. The van der Waals surface area contributed by atoms with E-state index in [9.17, 15) is 17.6 Å². The number of nitrogens with zero attached hydrogens (tertiary/aromatic N) is 4. The highest BCUT2D eigenvalue weighted by Crippen LogP contribution is 2.33. The second-order valence-electron chi connectivity index (χ2n) is 6.14. The first-order chi connectivity index (χ1) is 12.9. The Labute approximate surface area is 151 Å². The molecule has 1 fully saturated rings. The van der Waals surface area contributed by atoms with Crippen LogP contribution in [0.1, 0.15) is 5.69 Å². The molecule has 4 rings (SSSR count). The zero-order valence-corrected chi connectivity index (χ0v) is 13.9. The van der Waals surface area contributed by atoms with Crippen molar-refractivity contribution < 1.29 is 22.3 Å². The fraction of sp³-hybridized carbons (Fsp3) is 0.294. The summed E-state index contributed by atoms with van der Waals surface area (Å²) in [6, 6.07) is 7.07. The molecule has 10 heteroatoms. The van der Waals surface area contributed by atoms with Crippen LogP contribution >= 0.6 is 0 Å². The molecule has 0 amide bonds. The van der Waals surface area contributed by atoms with Gasteiger partial charge in [0, 0.05) is 12.7 Å². The van der Waals surface area contributed by atoms with E-state index < -0.39 is 12.5 Å². The third-order valence-corrected chi connectivity index (χ3v) is 4.30. The van der Waals surface area contributed by atoms with Gasteiger partial charge in [0.05, 0.1) is 35.5 Å². The van der Waals surface area contributed by atoms with Crippen LogP contribution in [-0.4, -0.2) is 40.4 Å². The molecule has 0 spiro atoms. The first-order valence-electron chi connectivity index (χ1n) is 8.17. The lowest BCUT2D eigenvalue weighted by Crippen LogP contribution is -2.48. The lowest BCUT2D eigenvalue weighted by Gasteiger charge is -2.36. The summed E-state index contributed by atoms with van der Waals surface area (Å²) in [5.74, 6) is -0.329. The van der Waals surface area contributed by atoms with Crippen molar-refractivity contribution in [3.05, 3.63) is 42.2 Å². The van der Waals surface area contributed by atoms with Crippen LogP contribution in [0.5, 0.6) is 5.75 Å². The lowest BCUT2D eigenvalue weighted by molar-refractivity contribution is -0.274. The molecule has 142 valence electrons. The Morgan fingerprint density at radius 1 is 1.15 bits per heavy atom. The van der Waals surface area contributed by atoms with Crippen molar-refractivity contribution in [3.63, 3.8) is 0 Å². The SMILES string of the molecule is NCc1nn(-c2ccc(OC(F)(F)F)cc2)c2nccc(N3CC(F)C3)c12. The normalized spacial score (nSPS) is 15.2. The highest BCUT2D eigenvalue weighted by atomic mass is 19.4. The maximum absolute atomic E-state index is 13.3. The number of halogens is 4. The second kappa shape index (κ2) is 6.38. The molecule has 2 N–H and O–H groups in total. The Morgan fingerprint density at radius 3 is 2.44 bits per heavy atom. The van der Waals surface area contributed by atoms with Crippen molar-refractivity contribution in [2.45, 2.75) is 19.1 Å². The number of anilines is 1. The summed E-state index contributed by atoms with van der Waals surface area (Å²) < 4.78 is 55.6. The summed E-state index contributed by atoms with van der Waals surface area (Å²) in [6.07, 6.45) is -4.04. The lowest BCUT2D eigenvalue weighted by atomic mass is 10.1. The van der Waals surface area contributed by atoms with Crippen LogP contribution in [0.4, 0.5) is 23.2 Å². The Bertz CT molecular complexity index is 964. The third kappa shape index (κ3) is 3.27. The molecule has 1 saturated heterocycles. The van der Waals surface area contributed by atoms with Crippen LogP contribution < -0.4 is 15.4 Å². The number of pyridine rings is 1. The molecular formula is C17H15F4N5O. The number of aromatic nitrogens is 3. The molecule has 1 aromatic carbocycles. The molecule has 0 saturated carbocycles. The molecule has 3 heterocycles. The number of alkyl halides is 4. The highest BCUT2D eigenvalue weighted by Gasteiger charge is 2.31. The fourth-order valence-corrected chi connectivity index (χ4v) is 3.09. The van der Waals surface area contributed by atoms with Crippen LogP contribution in [0.2, 0.25) is 0 Å². The summed E-state index contributed by atoms with van der Waals surface area (Å²) in [5, 5.41) is 5.16. The van der Waals surface area contributed by atoms with E-state index in [1.807, 2.05) is 4.90 Å². The minimum atomic E-state index is -4.76. The first-order valence-corrected chi connectivity index (χ1v) is 8.17. The number of nitrogens with two attached hydrogens (primary N) is 1. The van der Waals surface area contributed by atoms with Gasteiger partial charge in [-0.15, -0.1) is 13.2 Å². The van der Waals surface area contributed by atoms with E-state index in [1.54, 1.807) is 12.3 Å². The molecular weight excluding hydrogens is 366 g/mol. The molecule has 0 bridgehead atoms. The number of hydrogen-bond donors (Lipinski definition) is 1. The fourth-order valence-electron chi connectivity index (χ4n) is 3.09. The Morgan fingerprint density at radius 2 is 1.85 bits per heavy atom. The average Bonchev–Trinajstić information content (AvgIpc) is 2.97. The summed E-state index contributed by atoms with van der Waals surface area (Å²) in [6.45, 7) is 0.722. The van der Waals surface area contributed by atoms with E-state index in [4.69, 9.17) is 5.73 Å². The van der Waals surface area contributed by atoms with Gasteiger partial charge in [-0.3, -0.25) is 0 Å². The first kappa shape index (κ1) is 17.5. The summed E-state index contributed by atoms with van der Waals surface area (Å²) in [7, 11) is 0. The van der Waals surface area contributed by atoms with E-state index in [0.29, 0.717) is 22.4 Å². The smallest absolute Gasteiger partial charge is 0.406 e.